The van der Waals surface area contributed by atoms with Crippen molar-refractivity contribution < 1.29 is 11.3 Å². The predicted octanol–water partition coefficient (Wildman–Crippen LogP) is 14.8. The van der Waals surface area contributed by atoms with Gasteiger partial charge in [0.25, 0.3) is 0 Å². The van der Waals surface area contributed by atoms with Crippen molar-refractivity contribution in [3.8, 4) is 56.4 Å². The average Bonchev–Trinajstić information content (AvgIpc) is 3.91. The maximum absolute atomic E-state index is 8.80. The van der Waals surface area contributed by atoms with Crippen LogP contribution in [0.4, 0.5) is 0 Å². The summed E-state index contributed by atoms with van der Waals surface area (Å²) in [6, 6.07) is 51.6. The number of thiophene rings is 1. The second kappa shape index (κ2) is 13.1. The highest BCUT2D eigenvalue weighted by Gasteiger charge is 2.21. The van der Waals surface area contributed by atoms with Crippen molar-refractivity contribution in [2.45, 2.75) is 0 Å². The normalized spacial score (nSPS) is 13.0. The summed E-state index contributed by atoms with van der Waals surface area (Å²) in [6.45, 7) is 0. The fourth-order valence-electron chi connectivity index (χ4n) is 8.37. The molecule has 0 aliphatic rings. The molecule has 0 N–H and O–H groups in total. The molecule has 0 saturated carbocycles. The molecule has 58 heavy (non-hydrogen) atoms. The topological polar surface area (TPSA) is 51.8 Å². The van der Waals surface area contributed by atoms with Crippen LogP contribution in [0.3, 0.4) is 0 Å². The second-order valence-electron chi connectivity index (χ2n) is 14.3. The first-order chi connectivity index (χ1) is 30.8. The minimum atomic E-state index is -0.406. The van der Waals surface area contributed by atoms with Gasteiger partial charge in [-0.25, -0.2) is 15.0 Å². The summed E-state index contributed by atoms with van der Waals surface area (Å²) in [6.07, 6.45) is 0. The molecule has 9 aromatic carbocycles. The van der Waals surface area contributed by atoms with Crippen molar-refractivity contribution in [2.75, 3.05) is 0 Å². The van der Waals surface area contributed by atoms with Gasteiger partial charge in [-0.1, -0.05) is 164 Å². The molecule has 0 fully saturated rings. The number of para-hydroxylation sites is 1. The Morgan fingerprint density at radius 3 is 1.88 bits per heavy atom. The van der Waals surface area contributed by atoms with Crippen LogP contribution in [0, 0.1) is 0 Å². The molecule has 4 nitrogen and oxygen atoms in total. The second-order valence-corrected chi connectivity index (χ2v) is 15.3. The third kappa shape index (κ3) is 5.18. The van der Waals surface area contributed by atoms with E-state index in [0.717, 1.165) is 91.5 Å². The van der Waals surface area contributed by atoms with Crippen LogP contribution in [-0.2, 0) is 0 Å². The average molecular weight is 763 g/mol. The Morgan fingerprint density at radius 2 is 1.03 bits per heavy atom. The maximum atomic E-state index is 8.80. The van der Waals surface area contributed by atoms with Gasteiger partial charge in [-0.15, -0.1) is 11.3 Å². The monoisotopic (exact) mass is 762 g/mol. The van der Waals surface area contributed by atoms with Crippen LogP contribution in [-0.4, -0.2) is 15.0 Å². The van der Waals surface area contributed by atoms with Gasteiger partial charge in [-0.2, -0.15) is 0 Å². The lowest BCUT2D eigenvalue weighted by atomic mass is 9.90. The van der Waals surface area contributed by atoms with Gasteiger partial charge in [0, 0.05) is 58.6 Å². The third-order valence-electron chi connectivity index (χ3n) is 11.0. The van der Waals surface area contributed by atoms with E-state index in [1.165, 1.54) is 0 Å². The van der Waals surface area contributed by atoms with Gasteiger partial charge in [0.15, 0.2) is 17.5 Å². The van der Waals surface area contributed by atoms with E-state index in [9.17, 15) is 0 Å². The van der Waals surface area contributed by atoms with Crippen LogP contribution < -0.4 is 0 Å². The number of hydrogen-bond donors (Lipinski definition) is 0. The van der Waals surface area contributed by atoms with Crippen LogP contribution in [0.2, 0.25) is 0 Å². The van der Waals surface area contributed by atoms with E-state index < -0.39 is 6.04 Å². The zero-order valence-electron chi connectivity index (χ0n) is 35.7. The maximum Gasteiger partial charge on any atom is 0.164 e. The summed E-state index contributed by atoms with van der Waals surface area (Å²) in [4.78, 5) is 15.5. The van der Waals surface area contributed by atoms with Gasteiger partial charge >= 0.3 is 0 Å². The third-order valence-corrected chi connectivity index (χ3v) is 12.3. The van der Waals surface area contributed by atoms with E-state index in [0.29, 0.717) is 23.0 Å². The Labute approximate surface area is 344 Å². The highest BCUT2D eigenvalue weighted by Crippen LogP contribution is 2.47. The Bertz CT molecular complexity index is 3850. The lowest BCUT2D eigenvalue weighted by Crippen LogP contribution is -2.01. The number of furan rings is 1. The molecule has 0 unspecified atom stereocenters. The number of aromatic nitrogens is 3. The highest BCUT2D eigenvalue weighted by atomic mass is 32.1. The van der Waals surface area contributed by atoms with Gasteiger partial charge in [-0.3, -0.25) is 0 Å². The van der Waals surface area contributed by atoms with E-state index in [1.54, 1.807) is 11.3 Å². The molecule has 3 aromatic heterocycles. The first-order valence-electron chi connectivity index (χ1n) is 21.5. The Hall–Kier alpha value is -7.47. The largest absolute Gasteiger partial charge is 0.456 e. The van der Waals surface area contributed by atoms with Gasteiger partial charge in [0.2, 0.25) is 0 Å². The molecule has 5 heteroatoms. The standard InChI is InChI=1S/C53H31N3OS/c1-3-13-32(14-4-1)37-20-11-22-43-44-23-12-21-42(50(44)58-49(37)43)38-29-30-45(48-36-18-8-7-15-33(36)25-28-41(38)48)53-55-51(34-16-5-2-6-17-34)54-52(56-53)35-26-27-40-39-19-9-10-24-46(39)57-47(40)31-35/h1-31H/i1D,3D,4D,13D,14D. The molecule has 270 valence electrons. The molecular formula is C53H31N3OS. The highest BCUT2D eigenvalue weighted by molar-refractivity contribution is 7.26. The van der Waals surface area contributed by atoms with E-state index in [-0.39, 0.29) is 29.7 Å². The molecule has 0 bridgehead atoms. The quantitative estimate of drug-likeness (QED) is 0.164. The summed E-state index contributed by atoms with van der Waals surface area (Å²) in [7, 11) is 0. The molecule has 0 aliphatic heterocycles. The van der Waals surface area contributed by atoms with E-state index in [2.05, 4.69) is 72.8 Å². The molecule has 0 spiro atoms. The molecule has 12 aromatic rings. The van der Waals surface area contributed by atoms with E-state index in [4.69, 9.17) is 26.2 Å². The van der Waals surface area contributed by atoms with Crippen molar-refractivity contribution in [3.63, 3.8) is 0 Å². The Kier molecular flexibility index (Phi) is 6.30. The number of rotatable bonds is 5. The SMILES string of the molecule is [2H]c1c([2H])c([2H])c(-c2cccc3c2sc2c(-c4ccc(-c5nc(-c6ccccc6)nc(-c6ccc7c(c6)oc6ccccc67)n5)c5c4ccc4ccccc45)cccc23)c([2H])c1[2H]. The van der Waals surface area contributed by atoms with Gasteiger partial charge in [0.1, 0.15) is 11.2 Å². The smallest absolute Gasteiger partial charge is 0.164 e. The molecule has 0 aliphatic carbocycles. The molecular weight excluding hydrogens is 727 g/mol. The summed E-state index contributed by atoms with van der Waals surface area (Å²) in [5.74, 6) is 1.63. The van der Waals surface area contributed by atoms with Crippen LogP contribution in [0.25, 0.3) is 120 Å². The predicted molar refractivity (Wildman–Crippen MR) is 242 cm³/mol. The van der Waals surface area contributed by atoms with Crippen molar-refractivity contribution in [3.05, 3.63) is 188 Å². The number of fused-ring (bicyclic) bond motifs is 9. The van der Waals surface area contributed by atoms with E-state index >= 15 is 0 Å². The molecule has 0 amide bonds. The molecule has 12 rings (SSSR count). The molecule has 0 radical (unpaired) electrons. The van der Waals surface area contributed by atoms with Crippen molar-refractivity contribution in [1.82, 2.24) is 15.0 Å². The van der Waals surface area contributed by atoms with Crippen LogP contribution in [0.1, 0.15) is 6.85 Å². The minimum Gasteiger partial charge on any atom is -0.456 e. The number of nitrogens with zero attached hydrogens (tertiary/aromatic N) is 3. The summed E-state index contributed by atoms with van der Waals surface area (Å²) in [5, 5.41) is 8.24. The van der Waals surface area contributed by atoms with Gasteiger partial charge in [0.05, 0.1) is 6.85 Å². The summed E-state index contributed by atoms with van der Waals surface area (Å²) < 4.78 is 50.8. The zero-order valence-corrected chi connectivity index (χ0v) is 31.5. The summed E-state index contributed by atoms with van der Waals surface area (Å²) in [5.41, 5.74) is 6.99. The molecule has 3 heterocycles. The first kappa shape index (κ1) is 28.0. The first-order valence-corrected chi connectivity index (χ1v) is 19.8. The van der Waals surface area contributed by atoms with Crippen molar-refractivity contribution in [1.29, 1.82) is 0 Å². The molecule has 0 atom stereocenters. The lowest BCUT2D eigenvalue weighted by Gasteiger charge is -2.15. The van der Waals surface area contributed by atoms with Crippen LogP contribution in [0.5, 0.6) is 0 Å². The van der Waals surface area contributed by atoms with Gasteiger partial charge in [-0.05, 0) is 57.1 Å². The van der Waals surface area contributed by atoms with Crippen molar-refractivity contribution >= 4 is 75.0 Å². The number of benzene rings is 9. The number of hydrogen-bond acceptors (Lipinski definition) is 5. The summed E-state index contributed by atoms with van der Waals surface area (Å²) >= 11 is 1.58. The van der Waals surface area contributed by atoms with Gasteiger partial charge < -0.3 is 4.42 Å². The van der Waals surface area contributed by atoms with Crippen molar-refractivity contribution in [2.24, 2.45) is 0 Å². The van der Waals surface area contributed by atoms with Crippen LogP contribution in [0.15, 0.2) is 192 Å². The molecule has 0 saturated heterocycles. The minimum absolute atomic E-state index is 0.199. The fourth-order valence-corrected chi connectivity index (χ4v) is 9.72. The lowest BCUT2D eigenvalue weighted by molar-refractivity contribution is 0.669. The fraction of sp³-hybridized carbons (Fsp3) is 0. The van der Waals surface area contributed by atoms with E-state index in [1.807, 2.05) is 84.9 Å². The Balaban J connectivity index is 1.10. The van der Waals surface area contributed by atoms with Crippen LogP contribution >= 0.6 is 11.3 Å². The zero-order chi connectivity index (χ0) is 42.5. The Morgan fingerprint density at radius 1 is 0.397 bits per heavy atom.